The van der Waals surface area contributed by atoms with Gasteiger partial charge < -0.3 is 4.74 Å². The highest BCUT2D eigenvalue weighted by molar-refractivity contribution is 9.11. The molecule has 0 saturated carbocycles. The maximum atomic E-state index is 12.5. The van der Waals surface area contributed by atoms with Crippen LogP contribution in [0.25, 0.3) is 0 Å². The number of ether oxygens (including phenoxy) is 1. The van der Waals surface area contributed by atoms with E-state index in [0.29, 0.717) is 12.1 Å². The predicted octanol–water partition coefficient (Wildman–Crippen LogP) is 5.88. The zero-order chi connectivity index (χ0) is 12.8. The van der Waals surface area contributed by atoms with Crippen LogP contribution < -0.4 is 4.74 Å². The quantitative estimate of drug-likeness (QED) is 0.572. The Kier molecular flexibility index (Phi) is 2.86. The first-order chi connectivity index (χ1) is 6.85. The van der Waals surface area contributed by atoms with E-state index in [9.17, 15) is 19.4 Å². The third-order valence-electron chi connectivity index (χ3n) is 1.62. The van der Waals surface area contributed by atoms with Crippen LogP contribution in [0.15, 0.2) is 26.0 Å². The molecule has 1 nitrogen and oxygen atoms in total. The van der Waals surface area contributed by atoms with E-state index in [1.807, 2.05) is 0 Å². The fourth-order valence-corrected chi connectivity index (χ4v) is 3.45. The SMILES string of the molecule is COc1c(Br)cc(S(F)(F)(F)(F)F)cc1Br. The van der Waals surface area contributed by atoms with Crippen LogP contribution in [-0.2, 0) is 0 Å². The van der Waals surface area contributed by atoms with Crippen molar-refractivity contribution in [1.82, 2.24) is 0 Å². The van der Waals surface area contributed by atoms with E-state index in [1.165, 1.54) is 7.11 Å². The zero-order valence-electron chi connectivity index (χ0n) is 7.62. The smallest absolute Gasteiger partial charge is 0.310 e. The second-order valence-corrected chi connectivity index (χ2v) is 7.01. The van der Waals surface area contributed by atoms with Crippen LogP contribution in [0.5, 0.6) is 5.75 Å². The van der Waals surface area contributed by atoms with Crippen LogP contribution in [0.3, 0.4) is 0 Å². The number of hydrogen-bond acceptors (Lipinski definition) is 1. The maximum absolute atomic E-state index is 12.5. The molecule has 9 heteroatoms. The summed E-state index contributed by atoms with van der Waals surface area (Å²) < 4.78 is 66.6. The van der Waals surface area contributed by atoms with Crippen LogP contribution in [0, 0.1) is 0 Å². The lowest BCUT2D eigenvalue weighted by Crippen LogP contribution is -2.06. The first-order valence-corrected chi connectivity index (χ1v) is 7.16. The average Bonchev–Trinajstić information content (AvgIpc) is 1.99. The second kappa shape index (κ2) is 3.26. The summed E-state index contributed by atoms with van der Waals surface area (Å²) >= 11 is 5.46. The lowest BCUT2D eigenvalue weighted by atomic mass is 10.3. The lowest BCUT2D eigenvalue weighted by molar-refractivity contribution is 0.363. The summed E-state index contributed by atoms with van der Waals surface area (Å²) in [7, 11) is -8.44. The van der Waals surface area contributed by atoms with Gasteiger partial charge in [-0.1, -0.05) is 19.4 Å². The monoisotopic (exact) mass is 390 g/mol. The Morgan fingerprint density at radius 2 is 1.38 bits per heavy atom. The Labute approximate surface area is 105 Å². The van der Waals surface area contributed by atoms with E-state index in [2.05, 4.69) is 31.9 Å². The molecule has 0 amide bonds. The largest absolute Gasteiger partial charge is 0.494 e. The van der Waals surface area contributed by atoms with Crippen molar-refractivity contribution in [2.75, 3.05) is 7.11 Å². The van der Waals surface area contributed by atoms with Crippen LogP contribution in [-0.4, -0.2) is 7.11 Å². The van der Waals surface area contributed by atoms with Gasteiger partial charge in [0.15, 0.2) is 0 Å². The number of halogens is 7. The molecule has 0 atom stereocenters. The van der Waals surface area contributed by atoms with Gasteiger partial charge in [-0.25, -0.2) is 0 Å². The average molecular weight is 392 g/mol. The molecule has 0 aromatic heterocycles. The summed E-state index contributed by atoms with van der Waals surface area (Å²) in [6, 6.07) is 0.594. The zero-order valence-corrected chi connectivity index (χ0v) is 11.6. The molecular weight excluding hydrogens is 387 g/mol. The first kappa shape index (κ1) is 14.0. The predicted molar refractivity (Wildman–Crippen MR) is 59.8 cm³/mol. The van der Waals surface area contributed by atoms with Gasteiger partial charge in [0.05, 0.1) is 16.1 Å². The summed E-state index contributed by atoms with van der Waals surface area (Å²) in [5.74, 6) is 0.0191. The second-order valence-electron chi connectivity index (χ2n) is 2.89. The van der Waals surface area contributed by atoms with Gasteiger partial charge in [0.25, 0.3) is 0 Å². The molecule has 0 N–H and O–H groups in total. The van der Waals surface area contributed by atoms with Crippen molar-refractivity contribution >= 4 is 42.1 Å². The molecule has 1 rings (SSSR count). The summed E-state index contributed by atoms with van der Waals surface area (Å²) in [5, 5.41) is 0. The molecule has 0 heterocycles. The van der Waals surface area contributed by atoms with Gasteiger partial charge in [-0.3, -0.25) is 0 Å². The number of hydrogen-bond donors (Lipinski definition) is 0. The highest BCUT2D eigenvalue weighted by Crippen LogP contribution is 3.02. The molecule has 0 spiro atoms. The van der Waals surface area contributed by atoms with E-state index in [4.69, 9.17) is 4.74 Å². The first-order valence-electron chi connectivity index (χ1n) is 3.62. The molecule has 1 aromatic carbocycles. The minimum Gasteiger partial charge on any atom is -0.494 e. The van der Waals surface area contributed by atoms with Crippen LogP contribution >= 0.6 is 42.1 Å². The van der Waals surface area contributed by atoms with Crippen molar-refractivity contribution in [3.8, 4) is 5.75 Å². The van der Waals surface area contributed by atoms with E-state index in [-0.39, 0.29) is 14.7 Å². The van der Waals surface area contributed by atoms with Crippen molar-refractivity contribution in [3.63, 3.8) is 0 Å². The molecule has 0 fully saturated rings. The minimum atomic E-state index is -9.65. The molecule has 0 aliphatic rings. The molecule has 0 bridgehead atoms. The van der Waals surface area contributed by atoms with Gasteiger partial charge >= 0.3 is 10.2 Å². The Morgan fingerprint density at radius 3 is 1.62 bits per heavy atom. The number of methoxy groups -OCH3 is 1. The summed E-state index contributed by atoms with van der Waals surface area (Å²) in [6.07, 6.45) is 0. The summed E-state index contributed by atoms with van der Waals surface area (Å²) in [5.41, 5.74) is 0. The van der Waals surface area contributed by atoms with Gasteiger partial charge in [-0.15, -0.1) is 0 Å². The topological polar surface area (TPSA) is 9.23 Å². The van der Waals surface area contributed by atoms with Gasteiger partial charge in [0.2, 0.25) is 0 Å². The fourth-order valence-electron chi connectivity index (χ4n) is 0.954. The van der Waals surface area contributed by atoms with Crippen molar-refractivity contribution in [3.05, 3.63) is 21.1 Å². The van der Waals surface area contributed by atoms with Crippen molar-refractivity contribution < 1.29 is 24.2 Å². The Hall–Kier alpha value is -0.0200. The van der Waals surface area contributed by atoms with Gasteiger partial charge in [0, 0.05) is 0 Å². The van der Waals surface area contributed by atoms with Gasteiger partial charge in [0.1, 0.15) is 10.6 Å². The third kappa shape index (κ3) is 3.01. The van der Waals surface area contributed by atoms with Crippen molar-refractivity contribution in [1.29, 1.82) is 0 Å². The van der Waals surface area contributed by atoms with Crippen molar-refractivity contribution in [2.24, 2.45) is 0 Å². The fraction of sp³-hybridized carbons (Fsp3) is 0.143. The molecule has 0 radical (unpaired) electrons. The van der Waals surface area contributed by atoms with Crippen molar-refractivity contribution in [2.45, 2.75) is 4.90 Å². The summed E-state index contributed by atoms with van der Waals surface area (Å²) in [4.78, 5) is -1.97. The normalized spacial score (nSPS) is 16.5. The van der Waals surface area contributed by atoms with Crippen LogP contribution in [0.2, 0.25) is 0 Å². The molecule has 0 unspecified atom stereocenters. The minimum absolute atomic E-state index is 0.0191. The van der Waals surface area contributed by atoms with Crippen LogP contribution in [0.1, 0.15) is 0 Å². The highest BCUT2D eigenvalue weighted by atomic mass is 79.9. The number of rotatable bonds is 2. The Bertz CT molecular complexity index is 420. The molecular formula is C7H5Br2F5OS. The molecule has 94 valence electrons. The molecule has 1 aromatic rings. The van der Waals surface area contributed by atoms with Gasteiger partial charge in [-0.05, 0) is 44.0 Å². The Balaban J connectivity index is 3.54. The molecule has 0 saturated heterocycles. The highest BCUT2D eigenvalue weighted by Gasteiger charge is 2.65. The van der Waals surface area contributed by atoms with Crippen LogP contribution in [0.4, 0.5) is 19.4 Å². The number of benzene rings is 1. The van der Waals surface area contributed by atoms with Gasteiger partial charge in [-0.2, -0.15) is 0 Å². The van der Waals surface area contributed by atoms with E-state index in [1.54, 1.807) is 0 Å². The summed E-state index contributed by atoms with van der Waals surface area (Å²) in [6.45, 7) is 0. The standard InChI is InChI=1S/C7H5Br2F5OS/c1-15-7-5(8)2-4(3-6(7)9)16(10,11,12,13)14/h2-3H,1H3. The van der Waals surface area contributed by atoms with E-state index < -0.39 is 15.1 Å². The lowest BCUT2D eigenvalue weighted by Gasteiger charge is -2.40. The molecule has 0 aliphatic carbocycles. The Morgan fingerprint density at radius 1 is 1.00 bits per heavy atom. The van der Waals surface area contributed by atoms with E-state index >= 15 is 0 Å². The maximum Gasteiger partial charge on any atom is 0.310 e. The molecule has 0 aliphatic heterocycles. The molecule has 16 heavy (non-hydrogen) atoms. The van der Waals surface area contributed by atoms with E-state index in [0.717, 1.165) is 0 Å². The third-order valence-corrected chi connectivity index (χ3v) is 3.93.